The summed E-state index contributed by atoms with van der Waals surface area (Å²) in [6.07, 6.45) is 2.00. The van der Waals surface area contributed by atoms with Gasteiger partial charge in [0.2, 0.25) is 0 Å². The highest BCUT2D eigenvalue weighted by Crippen LogP contribution is 2.38. The predicted octanol–water partition coefficient (Wildman–Crippen LogP) is 2.39. The maximum absolute atomic E-state index is 9.89. The first-order valence-corrected chi connectivity index (χ1v) is 6.41. The van der Waals surface area contributed by atoms with Gasteiger partial charge in [-0.2, -0.15) is 0 Å². The third-order valence-corrected chi connectivity index (χ3v) is 3.92. The third-order valence-electron chi connectivity index (χ3n) is 3.92. The Morgan fingerprint density at radius 3 is 2.71 bits per heavy atom. The van der Waals surface area contributed by atoms with Crippen LogP contribution in [0.1, 0.15) is 37.8 Å². The molecule has 1 heterocycles. The molecule has 1 aliphatic heterocycles. The molecule has 1 aliphatic rings. The van der Waals surface area contributed by atoms with E-state index in [1.807, 2.05) is 0 Å². The third kappa shape index (κ3) is 2.53. The second-order valence-corrected chi connectivity index (χ2v) is 6.05. The minimum atomic E-state index is -0.0687. The lowest BCUT2D eigenvalue weighted by Gasteiger charge is -2.45. The van der Waals surface area contributed by atoms with E-state index < -0.39 is 0 Å². The van der Waals surface area contributed by atoms with E-state index in [1.54, 1.807) is 0 Å². The van der Waals surface area contributed by atoms with Crippen molar-refractivity contribution in [2.24, 2.45) is 0 Å². The molecule has 2 rings (SSSR count). The molecule has 1 atom stereocenters. The van der Waals surface area contributed by atoms with Crippen molar-refractivity contribution in [2.45, 2.75) is 44.6 Å². The van der Waals surface area contributed by atoms with Crippen molar-refractivity contribution in [1.29, 1.82) is 0 Å². The van der Waals surface area contributed by atoms with E-state index >= 15 is 0 Å². The largest absolute Gasteiger partial charge is 0.395 e. The SMILES string of the molecule is Cc1cccc(C2(CO)CCNC(C)(C)C2)c1. The molecule has 1 fully saturated rings. The van der Waals surface area contributed by atoms with Crippen LogP contribution in [0.25, 0.3) is 0 Å². The summed E-state index contributed by atoms with van der Waals surface area (Å²) in [4.78, 5) is 0. The van der Waals surface area contributed by atoms with Crippen molar-refractivity contribution in [3.8, 4) is 0 Å². The molecule has 0 amide bonds. The average molecular weight is 233 g/mol. The second-order valence-electron chi connectivity index (χ2n) is 6.05. The summed E-state index contributed by atoms with van der Waals surface area (Å²) in [5, 5.41) is 13.4. The topological polar surface area (TPSA) is 32.3 Å². The first-order chi connectivity index (χ1) is 7.97. The summed E-state index contributed by atoms with van der Waals surface area (Å²) in [5.41, 5.74) is 2.59. The van der Waals surface area contributed by atoms with Crippen molar-refractivity contribution in [1.82, 2.24) is 5.32 Å². The number of aliphatic hydroxyl groups excluding tert-OH is 1. The molecule has 0 bridgehead atoms. The fourth-order valence-corrected chi connectivity index (χ4v) is 3.08. The molecule has 0 aromatic heterocycles. The number of aryl methyl sites for hydroxylation is 1. The smallest absolute Gasteiger partial charge is 0.0529 e. The predicted molar refractivity (Wildman–Crippen MR) is 71.3 cm³/mol. The van der Waals surface area contributed by atoms with E-state index in [9.17, 15) is 5.11 Å². The molecule has 94 valence electrons. The van der Waals surface area contributed by atoms with E-state index in [-0.39, 0.29) is 17.6 Å². The molecule has 0 aliphatic carbocycles. The zero-order valence-electron chi connectivity index (χ0n) is 11.1. The van der Waals surface area contributed by atoms with Crippen LogP contribution in [0.4, 0.5) is 0 Å². The minimum absolute atomic E-state index is 0.0687. The molecule has 1 aromatic carbocycles. The molecule has 0 radical (unpaired) electrons. The molecular weight excluding hydrogens is 210 g/mol. The van der Waals surface area contributed by atoms with E-state index in [0.717, 1.165) is 19.4 Å². The lowest BCUT2D eigenvalue weighted by molar-refractivity contribution is 0.112. The molecule has 1 unspecified atom stereocenters. The van der Waals surface area contributed by atoms with Crippen molar-refractivity contribution in [3.05, 3.63) is 35.4 Å². The maximum atomic E-state index is 9.89. The summed E-state index contributed by atoms with van der Waals surface area (Å²) >= 11 is 0. The Hall–Kier alpha value is -0.860. The van der Waals surface area contributed by atoms with Crippen LogP contribution in [0.5, 0.6) is 0 Å². The fraction of sp³-hybridized carbons (Fsp3) is 0.600. The summed E-state index contributed by atoms with van der Waals surface area (Å²) in [6.45, 7) is 7.75. The lowest BCUT2D eigenvalue weighted by atomic mass is 9.68. The molecule has 2 heteroatoms. The Labute approximate surface area is 104 Å². The number of rotatable bonds is 2. The zero-order valence-corrected chi connectivity index (χ0v) is 11.1. The molecule has 1 saturated heterocycles. The van der Waals surface area contributed by atoms with Gasteiger partial charge in [-0.15, -0.1) is 0 Å². The van der Waals surface area contributed by atoms with Gasteiger partial charge in [-0.1, -0.05) is 29.8 Å². The molecule has 0 saturated carbocycles. The standard InChI is InChI=1S/C15H23NO/c1-12-5-4-6-13(9-12)15(11-17)7-8-16-14(2,3)10-15/h4-6,9,16-17H,7-8,10-11H2,1-3H3. The molecular formula is C15H23NO. The van der Waals surface area contributed by atoms with Gasteiger partial charge in [0.05, 0.1) is 6.61 Å². The van der Waals surface area contributed by atoms with Crippen molar-refractivity contribution in [2.75, 3.05) is 13.2 Å². The first kappa shape index (κ1) is 12.6. The van der Waals surface area contributed by atoms with Gasteiger partial charge in [-0.3, -0.25) is 0 Å². The Kier molecular flexibility index (Phi) is 3.28. The first-order valence-electron chi connectivity index (χ1n) is 6.41. The molecule has 2 N–H and O–H groups in total. The van der Waals surface area contributed by atoms with Crippen LogP contribution >= 0.6 is 0 Å². The van der Waals surface area contributed by atoms with Gasteiger partial charge in [0.25, 0.3) is 0 Å². The van der Waals surface area contributed by atoms with Gasteiger partial charge in [0, 0.05) is 11.0 Å². The normalized spacial score (nSPS) is 28.0. The second kappa shape index (κ2) is 4.43. The van der Waals surface area contributed by atoms with Gasteiger partial charge in [0.1, 0.15) is 0 Å². The van der Waals surface area contributed by atoms with Gasteiger partial charge >= 0.3 is 0 Å². The number of piperidine rings is 1. The Morgan fingerprint density at radius 1 is 1.35 bits per heavy atom. The van der Waals surface area contributed by atoms with E-state index in [0.29, 0.717) is 0 Å². The number of hydrogen-bond acceptors (Lipinski definition) is 2. The summed E-state index contributed by atoms with van der Waals surface area (Å²) < 4.78 is 0. The lowest BCUT2D eigenvalue weighted by Crippen LogP contribution is -2.54. The van der Waals surface area contributed by atoms with Crippen LogP contribution in [0.2, 0.25) is 0 Å². The van der Waals surface area contributed by atoms with Gasteiger partial charge < -0.3 is 10.4 Å². The number of hydrogen-bond donors (Lipinski definition) is 2. The van der Waals surface area contributed by atoms with Crippen molar-refractivity contribution < 1.29 is 5.11 Å². The van der Waals surface area contributed by atoms with Crippen LogP contribution in [0.3, 0.4) is 0 Å². The maximum Gasteiger partial charge on any atom is 0.0529 e. The molecule has 17 heavy (non-hydrogen) atoms. The van der Waals surface area contributed by atoms with Crippen LogP contribution < -0.4 is 5.32 Å². The van der Waals surface area contributed by atoms with Gasteiger partial charge in [-0.05, 0) is 45.7 Å². The highest BCUT2D eigenvalue weighted by Gasteiger charge is 2.40. The Bertz CT molecular complexity index is 400. The zero-order chi connectivity index (χ0) is 12.5. The van der Waals surface area contributed by atoms with Crippen LogP contribution in [-0.4, -0.2) is 23.8 Å². The van der Waals surface area contributed by atoms with E-state index in [4.69, 9.17) is 0 Å². The number of nitrogens with one attached hydrogen (secondary N) is 1. The van der Waals surface area contributed by atoms with Gasteiger partial charge in [0.15, 0.2) is 0 Å². The monoisotopic (exact) mass is 233 g/mol. The Morgan fingerprint density at radius 2 is 2.12 bits per heavy atom. The van der Waals surface area contributed by atoms with Crippen molar-refractivity contribution >= 4 is 0 Å². The average Bonchev–Trinajstić information content (AvgIpc) is 2.27. The number of aliphatic hydroxyl groups is 1. The van der Waals surface area contributed by atoms with Crippen molar-refractivity contribution in [3.63, 3.8) is 0 Å². The molecule has 2 nitrogen and oxygen atoms in total. The molecule has 0 spiro atoms. The van der Waals surface area contributed by atoms with E-state index in [2.05, 4.69) is 50.4 Å². The fourth-order valence-electron chi connectivity index (χ4n) is 3.08. The summed E-state index contributed by atoms with van der Waals surface area (Å²) in [5.74, 6) is 0. The highest BCUT2D eigenvalue weighted by atomic mass is 16.3. The van der Waals surface area contributed by atoms with E-state index in [1.165, 1.54) is 11.1 Å². The quantitative estimate of drug-likeness (QED) is 0.822. The Balaban J connectivity index is 2.37. The van der Waals surface area contributed by atoms with Crippen LogP contribution in [0.15, 0.2) is 24.3 Å². The highest BCUT2D eigenvalue weighted by molar-refractivity contribution is 5.31. The van der Waals surface area contributed by atoms with Crippen LogP contribution in [0, 0.1) is 6.92 Å². The van der Waals surface area contributed by atoms with Gasteiger partial charge in [-0.25, -0.2) is 0 Å². The van der Waals surface area contributed by atoms with Crippen LogP contribution in [-0.2, 0) is 5.41 Å². The molecule has 1 aromatic rings. The minimum Gasteiger partial charge on any atom is -0.395 e. The summed E-state index contributed by atoms with van der Waals surface area (Å²) in [7, 11) is 0. The summed E-state index contributed by atoms with van der Waals surface area (Å²) in [6, 6.07) is 8.58. The number of benzene rings is 1.